The number of rotatable bonds is 2. The Hall–Kier alpha value is -1.35. The van der Waals surface area contributed by atoms with Gasteiger partial charge in [0.2, 0.25) is 0 Å². The van der Waals surface area contributed by atoms with Crippen LogP contribution in [0.4, 0.5) is 0 Å². The van der Waals surface area contributed by atoms with Gasteiger partial charge in [-0.25, -0.2) is 0 Å². The number of fused-ring (bicyclic) bond motifs is 1. The first-order chi connectivity index (χ1) is 9.22. The Morgan fingerprint density at radius 2 is 2.11 bits per heavy atom. The van der Waals surface area contributed by atoms with Gasteiger partial charge in [-0.3, -0.25) is 4.79 Å². The van der Waals surface area contributed by atoms with Crippen LogP contribution in [0.3, 0.4) is 0 Å². The molecule has 3 atom stereocenters. The van der Waals surface area contributed by atoms with Gasteiger partial charge in [0.25, 0.3) is 5.91 Å². The van der Waals surface area contributed by atoms with Crippen LogP contribution in [0.2, 0.25) is 0 Å². The van der Waals surface area contributed by atoms with E-state index in [0.29, 0.717) is 6.04 Å². The van der Waals surface area contributed by atoms with Crippen molar-refractivity contribution in [2.75, 3.05) is 13.1 Å². The molecular formula is C16H22N2O. The fraction of sp³-hybridized carbons (Fsp3) is 0.562. The molecule has 2 aliphatic rings. The van der Waals surface area contributed by atoms with E-state index in [0.717, 1.165) is 42.3 Å². The Labute approximate surface area is 114 Å². The summed E-state index contributed by atoms with van der Waals surface area (Å²) in [5, 5.41) is 6.67. The molecule has 2 N–H and O–H groups in total. The van der Waals surface area contributed by atoms with Crippen molar-refractivity contribution in [3.63, 3.8) is 0 Å². The molecule has 0 aromatic heterocycles. The maximum absolute atomic E-state index is 12.2. The predicted octanol–water partition coefficient (Wildman–Crippen LogP) is 2.11. The molecule has 1 saturated carbocycles. The van der Waals surface area contributed by atoms with E-state index in [4.69, 9.17) is 0 Å². The number of hydrogen-bond acceptors (Lipinski definition) is 2. The Morgan fingerprint density at radius 1 is 1.26 bits per heavy atom. The second-order valence-electron chi connectivity index (χ2n) is 6.03. The van der Waals surface area contributed by atoms with Crippen LogP contribution in [-0.2, 0) is 0 Å². The molecule has 1 aliphatic heterocycles. The minimum absolute atomic E-state index is 0.0816. The van der Waals surface area contributed by atoms with Crippen molar-refractivity contribution in [3.05, 3.63) is 35.4 Å². The van der Waals surface area contributed by atoms with Crippen LogP contribution in [0, 0.1) is 18.8 Å². The van der Waals surface area contributed by atoms with Gasteiger partial charge in [0, 0.05) is 11.6 Å². The first kappa shape index (κ1) is 12.7. The van der Waals surface area contributed by atoms with E-state index in [1.165, 1.54) is 13.0 Å². The van der Waals surface area contributed by atoms with Gasteiger partial charge in [-0.15, -0.1) is 0 Å². The van der Waals surface area contributed by atoms with Crippen molar-refractivity contribution in [1.29, 1.82) is 0 Å². The monoisotopic (exact) mass is 258 g/mol. The second kappa shape index (κ2) is 5.33. The molecule has 1 saturated heterocycles. The molecule has 3 nitrogen and oxygen atoms in total. The highest BCUT2D eigenvalue weighted by Crippen LogP contribution is 2.32. The molecule has 19 heavy (non-hydrogen) atoms. The molecule has 3 heteroatoms. The summed E-state index contributed by atoms with van der Waals surface area (Å²) in [6, 6.07) is 8.17. The summed E-state index contributed by atoms with van der Waals surface area (Å²) in [5.41, 5.74) is 1.92. The van der Waals surface area contributed by atoms with Crippen molar-refractivity contribution >= 4 is 5.91 Å². The number of hydrogen-bond donors (Lipinski definition) is 2. The van der Waals surface area contributed by atoms with Crippen molar-refractivity contribution in [2.45, 2.75) is 32.2 Å². The van der Waals surface area contributed by atoms with Gasteiger partial charge in [0.1, 0.15) is 0 Å². The van der Waals surface area contributed by atoms with Gasteiger partial charge in [-0.05, 0) is 63.2 Å². The fourth-order valence-electron chi connectivity index (χ4n) is 3.49. The highest BCUT2D eigenvalue weighted by Gasteiger charge is 2.34. The quantitative estimate of drug-likeness (QED) is 0.853. The van der Waals surface area contributed by atoms with Crippen LogP contribution in [0.1, 0.15) is 35.2 Å². The van der Waals surface area contributed by atoms with Gasteiger partial charge < -0.3 is 10.6 Å². The van der Waals surface area contributed by atoms with Crippen LogP contribution in [-0.4, -0.2) is 25.0 Å². The predicted molar refractivity (Wildman–Crippen MR) is 76.1 cm³/mol. The zero-order valence-electron chi connectivity index (χ0n) is 11.5. The zero-order valence-corrected chi connectivity index (χ0v) is 11.5. The lowest BCUT2D eigenvalue weighted by molar-refractivity contribution is 0.0913. The van der Waals surface area contributed by atoms with E-state index in [1.807, 2.05) is 31.2 Å². The van der Waals surface area contributed by atoms with E-state index in [-0.39, 0.29) is 5.91 Å². The summed E-state index contributed by atoms with van der Waals surface area (Å²) in [4.78, 5) is 12.2. The third-order valence-corrected chi connectivity index (χ3v) is 4.57. The molecule has 1 heterocycles. The van der Waals surface area contributed by atoms with Gasteiger partial charge in [-0.2, -0.15) is 0 Å². The maximum Gasteiger partial charge on any atom is 0.251 e. The lowest BCUT2D eigenvalue weighted by Crippen LogP contribution is -2.40. The minimum Gasteiger partial charge on any atom is -0.349 e. The number of amides is 1. The van der Waals surface area contributed by atoms with Crippen LogP contribution in [0.25, 0.3) is 0 Å². The molecule has 1 unspecified atom stereocenters. The number of benzene rings is 1. The topological polar surface area (TPSA) is 41.1 Å². The SMILES string of the molecule is Cc1cccc(C(=O)NC2CC[C@H]3CNC[C@H]3C2)c1. The third-order valence-electron chi connectivity index (χ3n) is 4.57. The first-order valence-corrected chi connectivity index (χ1v) is 7.30. The Morgan fingerprint density at radius 3 is 2.95 bits per heavy atom. The molecule has 0 bridgehead atoms. The summed E-state index contributed by atoms with van der Waals surface area (Å²) < 4.78 is 0. The fourth-order valence-corrected chi connectivity index (χ4v) is 3.49. The van der Waals surface area contributed by atoms with Gasteiger partial charge in [-0.1, -0.05) is 17.7 Å². The average molecular weight is 258 g/mol. The summed E-state index contributed by atoms with van der Waals surface area (Å²) >= 11 is 0. The van der Waals surface area contributed by atoms with Gasteiger partial charge in [0.05, 0.1) is 0 Å². The number of carbonyl (C=O) groups is 1. The zero-order chi connectivity index (χ0) is 13.2. The van der Waals surface area contributed by atoms with E-state index in [2.05, 4.69) is 10.6 Å². The molecule has 0 radical (unpaired) electrons. The van der Waals surface area contributed by atoms with Crippen molar-refractivity contribution in [3.8, 4) is 0 Å². The van der Waals surface area contributed by atoms with Crippen molar-refractivity contribution < 1.29 is 4.79 Å². The van der Waals surface area contributed by atoms with E-state index < -0.39 is 0 Å². The van der Waals surface area contributed by atoms with Crippen LogP contribution in [0.5, 0.6) is 0 Å². The molecular weight excluding hydrogens is 236 g/mol. The molecule has 1 aliphatic carbocycles. The lowest BCUT2D eigenvalue weighted by atomic mass is 9.79. The van der Waals surface area contributed by atoms with Crippen LogP contribution < -0.4 is 10.6 Å². The van der Waals surface area contributed by atoms with E-state index in [1.54, 1.807) is 0 Å². The van der Waals surface area contributed by atoms with Gasteiger partial charge in [0.15, 0.2) is 0 Å². The third kappa shape index (κ3) is 2.81. The largest absolute Gasteiger partial charge is 0.349 e. The van der Waals surface area contributed by atoms with E-state index in [9.17, 15) is 4.79 Å². The number of nitrogens with one attached hydrogen (secondary N) is 2. The van der Waals surface area contributed by atoms with Crippen molar-refractivity contribution in [1.82, 2.24) is 10.6 Å². The first-order valence-electron chi connectivity index (χ1n) is 7.30. The van der Waals surface area contributed by atoms with Crippen LogP contribution >= 0.6 is 0 Å². The minimum atomic E-state index is 0.0816. The highest BCUT2D eigenvalue weighted by molar-refractivity contribution is 5.94. The standard InChI is InChI=1S/C16H22N2O/c1-11-3-2-4-12(7-11)16(19)18-15-6-5-13-9-17-10-14(13)8-15/h2-4,7,13-15,17H,5-6,8-10H2,1H3,(H,18,19)/t13-,14+,15?/m0/s1. The molecule has 102 valence electrons. The summed E-state index contributed by atoms with van der Waals surface area (Å²) in [5.74, 6) is 1.68. The Kier molecular flexibility index (Phi) is 3.56. The van der Waals surface area contributed by atoms with Crippen LogP contribution in [0.15, 0.2) is 24.3 Å². The normalized spacial score (nSPS) is 29.8. The average Bonchev–Trinajstić information content (AvgIpc) is 2.86. The molecule has 1 aromatic rings. The molecule has 1 amide bonds. The molecule has 0 spiro atoms. The molecule has 1 aromatic carbocycles. The summed E-state index contributed by atoms with van der Waals surface area (Å²) in [7, 11) is 0. The van der Waals surface area contributed by atoms with E-state index >= 15 is 0 Å². The lowest BCUT2D eigenvalue weighted by Gasteiger charge is -2.31. The van der Waals surface area contributed by atoms with Crippen molar-refractivity contribution in [2.24, 2.45) is 11.8 Å². The molecule has 3 rings (SSSR count). The highest BCUT2D eigenvalue weighted by atomic mass is 16.1. The summed E-state index contributed by atoms with van der Waals surface area (Å²) in [6.07, 6.45) is 3.51. The smallest absolute Gasteiger partial charge is 0.251 e. The van der Waals surface area contributed by atoms with Gasteiger partial charge >= 0.3 is 0 Å². The number of carbonyl (C=O) groups excluding carboxylic acids is 1. The molecule has 2 fully saturated rings. The second-order valence-corrected chi connectivity index (χ2v) is 6.03. The summed E-state index contributed by atoms with van der Waals surface area (Å²) in [6.45, 7) is 4.32. The maximum atomic E-state index is 12.2. The number of aryl methyl sites for hydroxylation is 1. The Bertz CT molecular complexity index is 472. The Balaban J connectivity index is 1.61.